The monoisotopic (exact) mass is 198 g/mol. The van der Waals surface area contributed by atoms with Gasteiger partial charge in [0.1, 0.15) is 5.78 Å². The second-order valence-electron chi connectivity index (χ2n) is 3.90. The van der Waals surface area contributed by atoms with E-state index >= 15 is 0 Å². The summed E-state index contributed by atoms with van der Waals surface area (Å²) in [5.41, 5.74) is 1.13. The van der Waals surface area contributed by atoms with Gasteiger partial charge in [-0.3, -0.25) is 4.79 Å². The van der Waals surface area contributed by atoms with Gasteiger partial charge in [0.2, 0.25) is 0 Å². The summed E-state index contributed by atoms with van der Waals surface area (Å²) in [5, 5.41) is 2.38. The first kappa shape index (κ1) is 9.91. The summed E-state index contributed by atoms with van der Waals surface area (Å²) in [6, 6.07) is 14.3. The van der Waals surface area contributed by atoms with Crippen molar-refractivity contribution >= 4 is 16.6 Å². The predicted molar refractivity (Wildman–Crippen MR) is 63.0 cm³/mol. The first-order valence-corrected chi connectivity index (χ1v) is 5.18. The molecule has 0 aliphatic rings. The van der Waals surface area contributed by atoms with E-state index in [-0.39, 0.29) is 11.7 Å². The van der Waals surface area contributed by atoms with Gasteiger partial charge in [0, 0.05) is 5.92 Å². The number of benzene rings is 2. The Morgan fingerprint density at radius 1 is 1.07 bits per heavy atom. The van der Waals surface area contributed by atoms with Crippen molar-refractivity contribution in [2.75, 3.05) is 0 Å². The van der Waals surface area contributed by atoms with Crippen LogP contribution in [0, 0.1) is 0 Å². The van der Waals surface area contributed by atoms with E-state index in [9.17, 15) is 4.79 Å². The van der Waals surface area contributed by atoms with Crippen molar-refractivity contribution < 1.29 is 4.79 Å². The number of rotatable bonds is 2. The molecule has 2 rings (SSSR count). The number of carbonyl (C=O) groups is 1. The molecule has 0 saturated carbocycles. The zero-order valence-corrected chi connectivity index (χ0v) is 9.03. The van der Waals surface area contributed by atoms with Crippen molar-refractivity contribution in [1.82, 2.24) is 0 Å². The molecule has 1 nitrogen and oxygen atoms in total. The van der Waals surface area contributed by atoms with Gasteiger partial charge >= 0.3 is 0 Å². The summed E-state index contributed by atoms with van der Waals surface area (Å²) in [4.78, 5) is 11.4. The highest BCUT2D eigenvalue weighted by Crippen LogP contribution is 2.25. The third-order valence-electron chi connectivity index (χ3n) is 2.90. The van der Waals surface area contributed by atoms with E-state index in [4.69, 9.17) is 0 Å². The third kappa shape index (κ3) is 1.78. The number of hydrogen-bond donors (Lipinski definition) is 0. The largest absolute Gasteiger partial charge is 0.299 e. The van der Waals surface area contributed by atoms with Crippen LogP contribution in [0.25, 0.3) is 10.8 Å². The summed E-state index contributed by atoms with van der Waals surface area (Å²) < 4.78 is 0. The number of Topliss-reactive ketones (excluding diaryl/α,β-unsaturated/α-hetero) is 1. The summed E-state index contributed by atoms with van der Waals surface area (Å²) in [6.45, 7) is 3.61. The van der Waals surface area contributed by atoms with Crippen molar-refractivity contribution in [2.45, 2.75) is 19.8 Å². The molecule has 2 aromatic carbocycles. The Bertz CT molecular complexity index is 494. The average Bonchev–Trinajstić information content (AvgIpc) is 2.27. The Morgan fingerprint density at radius 2 is 1.73 bits per heavy atom. The van der Waals surface area contributed by atoms with Crippen LogP contribution in [-0.4, -0.2) is 5.78 Å². The minimum Gasteiger partial charge on any atom is -0.299 e. The minimum absolute atomic E-state index is 0.0175. The molecule has 1 atom stereocenters. The van der Waals surface area contributed by atoms with Crippen LogP contribution in [0.3, 0.4) is 0 Å². The molecule has 0 amide bonds. The average molecular weight is 198 g/mol. The molecule has 0 heterocycles. The Kier molecular flexibility index (Phi) is 2.55. The molecule has 0 bridgehead atoms. The standard InChI is InChI=1S/C14H14O/c1-10(11(2)15)13-9-5-7-12-6-3-4-8-14(12)13/h3-10H,1-2H3/t10-/m1/s1. The second kappa shape index (κ2) is 3.85. The van der Waals surface area contributed by atoms with Gasteiger partial charge in [-0.15, -0.1) is 0 Å². The molecular weight excluding hydrogens is 184 g/mol. The predicted octanol–water partition coefficient (Wildman–Crippen LogP) is 3.53. The topological polar surface area (TPSA) is 17.1 Å². The van der Waals surface area contributed by atoms with Crippen molar-refractivity contribution in [2.24, 2.45) is 0 Å². The van der Waals surface area contributed by atoms with E-state index in [1.165, 1.54) is 10.8 Å². The van der Waals surface area contributed by atoms with E-state index in [1.54, 1.807) is 6.92 Å². The molecule has 1 heteroatoms. The SMILES string of the molecule is CC(=O)[C@@H](C)c1cccc2ccccc12. The second-order valence-corrected chi connectivity index (χ2v) is 3.90. The van der Waals surface area contributed by atoms with Crippen LogP contribution in [0.2, 0.25) is 0 Å². The number of ketones is 1. The number of fused-ring (bicyclic) bond motifs is 1. The number of hydrogen-bond acceptors (Lipinski definition) is 1. The van der Waals surface area contributed by atoms with Gasteiger partial charge in [0.05, 0.1) is 0 Å². The van der Waals surface area contributed by atoms with E-state index in [1.807, 2.05) is 31.2 Å². The van der Waals surface area contributed by atoms with Crippen molar-refractivity contribution in [3.8, 4) is 0 Å². The molecule has 76 valence electrons. The van der Waals surface area contributed by atoms with Gasteiger partial charge in [0.15, 0.2) is 0 Å². The van der Waals surface area contributed by atoms with Crippen LogP contribution in [0.1, 0.15) is 25.3 Å². The summed E-state index contributed by atoms with van der Waals surface area (Å²) >= 11 is 0. The van der Waals surface area contributed by atoms with Gasteiger partial charge in [-0.25, -0.2) is 0 Å². The lowest BCUT2D eigenvalue weighted by molar-refractivity contribution is -0.118. The van der Waals surface area contributed by atoms with Crippen molar-refractivity contribution in [3.05, 3.63) is 48.0 Å². The Hall–Kier alpha value is -1.63. The molecule has 0 unspecified atom stereocenters. The summed E-state index contributed by atoms with van der Waals surface area (Å²) in [5.74, 6) is 0.197. The first-order chi connectivity index (χ1) is 7.20. The van der Waals surface area contributed by atoms with E-state index in [0.717, 1.165) is 5.56 Å². The van der Waals surface area contributed by atoms with Gasteiger partial charge in [-0.2, -0.15) is 0 Å². The maximum Gasteiger partial charge on any atom is 0.137 e. The summed E-state index contributed by atoms with van der Waals surface area (Å²) in [7, 11) is 0. The Balaban J connectivity index is 2.65. The highest BCUT2D eigenvalue weighted by Gasteiger charge is 2.12. The highest BCUT2D eigenvalue weighted by atomic mass is 16.1. The Morgan fingerprint density at radius 3 is 2.47 bits per heavy atom. The van der Waals surface area contributed by atoms with Crippen LogP contribution in [0.15, 0.2) is 42.5 Å². The van der Waals surface area contributed by atoms with Crippen LogP contribution in [0.5, 0.6) is 0 Å². The molecule has 15 heavy (non-hydrogen) atoms. The van der Waals surface area contributed by atoms with Crippen LogP contribution in [0.4, 0.5) is 0 Å². The minimum atomic E-state index is -0.0175. The molecule has 0 fully saturated rings. The first-order valence-electron chi connectivity index (χ1n) is 5.18. The van der Waals surface area contributed by atoms with Crippen LogP contribution < -0.4 is 0 Å². The van der Waals surface area contributed by atoms with Crippen molar-refractivity contribution in [1.29, 1.82) is 0 Å². The third-order valence-corrected chi connectivity index (χ3v) is 2.90. The lowest BCUT2D eigenvalue weighted by Crippen LogP contribution is -2.04. The molecular formula is C14H14O. The van der Waals surface area contributed by atoms with Crippen LogP contribution >= 0.6 is 0 Å². The maximum atomic E-state index is 11.4. The fourth-order valence-electron chi connectivity index (χ4n) is 1.85. The molecule has 0 aliphatic carbocycles. The molecule has 0 spiro atoms. The molecule has 2 aromatic rings. The van der Waals surface area contributed by atoms with E-state index in [2.05, 4.69) is 18.2 Å². The van der Waals surface area contributed by atoms with E-state index in [0.29, 0.717) is 0 Å². The van der Waals surface area contributed by atoms with Gasteiger partial charge in [-0.05, 0) is 23.3 Å². The molecule has 0 saturated heterocycles. The fourth-order valence-corrected chi connectivity index (χ4v) is 1.85. The van der Waals surface area contributed by atoms with Gasteiger partial charge in [-0.1, -0.05) is 49.4 Å². The lowest BCUT2D eigenvalue weighted by Gasteiger charge is -2.11. The lowest BCUT2D eigenvalue weighted by atomic mass is 9.92. The van der Waals surface area contributed by atoms with E-state index < -0.39 is 0 Å². The maximum absolute atomic E-state index is 11.4. The zero-order chi connectivity index (χ0) is 10.8. The zero-order valence-electron chi connectivity index (χ0n) is 9.03. The molecule has 0 aliphatic heterocycles. The smallest absolute Gasteiger partial charge is 0.137 e. The van der Waals surface area contributed by atoms with Crippen molar-refractivity contribution in [3.63, 3.8) is 0 Å². The number of carbonyl (C=O) groups excluding carboxylic acids is 1. The van der Waals surface area contributed by atoms with Gasteiger partial charge < -0.3 is 0 Å². The molecule has 0 aromatic heterocycles. The van der Waals surface area contributed by atoms with Crippen LogP contribution in [-0.2, 0) is 4.79 Å². The normalized spacial score (nSPS) is 12.7. The molecule has 0 N–H and O–H groups in total. The Labute approximate surface area is 89.7 Å². The summed E-state index contributed by atoms with van der Waals surface area (Å²) in [6.07, 6.45) is 0. The van der Waals surface area contributed by atoms with Gasteiger partial charge in [0.25, 0.3) is 0 Å². The quantitative estimate of drug-likeness (QED) is 0.721. The molecule has 0 radical (unpaired) electrons. The fraction of sp³-hybridized carbons (Fsp3) is 0.214. The highest BCUT2D eigenvalue weighted by molar-refractivity contribution is 5.92.